The minimum absolute atomic E-state index is 1.01. The van der Waals surface area contributed by atoms with E-state index in [-0.39, 0.29) is 0 Å². The first-order valence-electron chi connectivity index (χ1n) is 3.06. The fourth-order valence-electron chi connectivity index (χ4n) is 0.774. The molecule has 1 heteroatoms. The smallest absolute Gasteiger partial charge is 0.0392 e. The number of nitrogens with zero attached hydrogens (tertiary/aromatic N) is 1. The zero-order chi connectivity index (χ0) is 5.82. The van der Waals surface area contributed by atoms with Crippen LogP contribution in [0.1, 0.15) is 19.8 Å². The van der Waals surface area contributed by atoms with Crippen LogP contribution in [0.4, 0.5) is 0 Å². The summed E-state index contributed by atoms with van der Waals surface area (Å²) in [6.07, 6.45) is 6.60. The summed E-state index contributed by atoms with van der Waals surface area (Å²) in [5, 5.41) is 0. The monoisotopic (exact) mass is 109 g/mol. The quantitative estimate of drug-likeness (QED) is 0.449. The van der Waals surface area contributed by atoms with Crippen LogP contribution in [0.5, 0.6) is 0 Å². The van der Waals surface area contributed by atoms with Crippen molar-refractivity contribution in [2.75, 3.05) is 6.54 Å². The summed E-state index contributed by atoms with van der Waals surface area (Å²) >= 11 is 0. The van der Waals surface area contributed by atoms with Crippen molar-refractivity contribution >= 4 is 6.21 Å². The van der Waals surface area contributed by atoms with Crippen LogP contribution in [0, 0.1) is 0 Å². The Hall–Kier alpha value is -0.590. The molecule has 1 rings (SSSR count). The van der Waals surface area contributed by atoms with E-state index in [0.717, 1.165) is 6.54 Å². The van der Waals surface area contributed by atoms with Gasteiger partial charge >= 0.3 is 0 Å². The molecule has 0 bridgehead atoms. The van der Waals surface area contributed by atoms with Crippen LogP contribution >= 0.6 is 0 Å². The molecule has 1 heterocycles. The molecule has 0 fully saturated rings. The third kappa shape index (κ3) is 1.49. The van der Waals surface area contributed by atoms with Gasteiger partial charge in [0.25, 0.3) is 0 Å². The summed E-state index contributed by atoms with van der Waals surface area (Å²) in [5.41, 5.74) is 1.31. The Morgan fingerprint density at radius 3 is 3.38 bits per heavy atom. The molecule has 8 heavy (non-hydrogen) atoms. The molecule has 0 unspecified atom stereocenters. The van der Waals surface area contributed by atoms with Crippen LogP contribution in [-0.2, 0) is 0 Å². The van der Waals surface area contributed by atoms with Gasteiger partial charge in [0.2, 0.25) is 0 Å². The van der Waals surface area contributed by atoms with Crippen molar-refractivity contribution < 1.29 is 0 Å². The van der Waals surface area contributed by atoms with Gasteiger partial charge in [-0.05, 0) is 25.3 Å². The lowest BCUT2D eigenvalue weighted by molar-refractivity contribution is 0.865. The minimum atomic E-state index is 1.01. The molecule has 0 aromatic carbocycles. The van der Waals surface area contributed by atoms with Crippen molar-refractivity contribution in [3.8, 4) is 0 Å². The standard InChI is InChI=1S/C7H11N/c1-7-4-2-3-5-8-6-7/h4,6H,2-3,5H2,1H3. The maximum atomic E-state index is 4.16. The van der Waals surface area contributed by atoms with Crippen molar-refractivity contribution in [3.05, 3.63) is 11.6 Å². The molecule has 0 saturated carbocycles. The van der Waals surface area contributed by atoms with Crippen LogP contribution in [0.3, 0.4) is 0 Å². The van der Waals surface area contributed by atoms with Gasteiger partial charge in [0, 0.05) is 12.8 Å². The molecule has 0 aliphatic carbocycles. The van der Waals surface area contributed by atoms with Gasteiger partial charge in [-0.15, -0.1) is 0 Å². The van der Waals surface area contributed by atoms with Gasteiger partial charge in [-0.25, -0.2) is 0 Å². The van der Waals surface area contributed by atoms with Crippen molar-refractivity contribution in [2.24, 2.45) is 4.99 Å². The average Bonchev–Trinajstić information content (AvgIpc) is 1.94. The number of rotatable bonds is 0. The van der Waals surface area contributed by atoms with Gasteiger partial charge in [0.15, 0.2) is 0 Å². The second-order valence-electron chi connectivity index (χ2n) is 2.13. The summed E-state index contributed by atoms with van der Waals surface area (Å²) in [6.45, 7) is 3.10. The predicted molar refractivity (Wildman–Crippen MR) is 36.4 cm³/mol. The highest BCUT2D eigenvalue weighted by atomic mass is 14.7. The third-order valence-corrected chi connectivity index (χ3v) is 1.25. The van der Waals surface area contributed by atoms with Crippen LogP contribution < -0.4 is 0 Å². The highest BCUT2D eigenvalue weighted by Crippen LogP contribution is 2.00. The molecule has 1 nitrogen and oxygen atoms in total. The van der Waals surface area contributed by atoms with Crippen molar-refractivity contribution in [3.63, 3.8) is 0 Å². The number of hydrogen-bond acceptors (Lipinski definition) is 1. The lowest BCUT2D eigenvalue weighted by Crippen LogP contribution is -1.74. The number of allylic oxidation sites excluding steroid dienone is 2. The first-order chi connectivity index (χ1) is 3.89. The van der Waals surface area contributed by atoms with Gasteiger partial charge in [0.1, 0.15) is 0 Å². The highest BCUT2D eigenvalue weighted by molar-refractivity contribution is 5.77. The molecule has 0 spiro atoms. The Balaban J connectivity index is 2.55. The molecule has 0 aromatic heterocycles. The molecule has 1 aliphatic rings. The van der Waals surface area contributed by atoms with Crippen molar-refractivity contribution in [1.82, 2.24) is 0 Å². The second kappa shape index (κ2) is 2.65. The lowest BCUT2D eigenvalue weighted by Gasteiger charge is -1.82. The van der Waals surface area contributed by atoms with E-state index >= 15 is 0 Å². The van der Waals surface area contributed by atoms with E-state index in [4.69, 9.17) is 0 Å². The van der Waals surface area contributed by atoms with Crippen LogP contribution in [0.25, 0.3) is 0 Å². The second-order valence-corrected chi connectivity index (χ2v) is 2.13. The fourth-order valence-corrected chi connectivity index (χ4v) is 0.774. The van der Waals surface area contributed by atoms with E-state index in [1.807, 2.05) is 6.21 Å². The van der Waals surface area contributed by atoms with Crippen molar-refractivity contribution in [2.45, 2.75) is 19.8 Å². The Bertz CT molecular complexity index is 122. The van der Waals surface area contributed by atoms with Gasteiger partial charge in [-0.1, -0.05) is 6.08 Å². The summed E-state index contributed by atoms with van der Waals surface area (Å²) in [7, 11) is 0. The van der Waals surface area contributed by atoms with E-state index in [2.05, 4.69) is 18.0 Å². The highest BCUT2D eigenvalue weighted by Gasteiger charge is 1.88. The van der Waals surface area contributed by atoms with Crippen LogP contribution in [0.2, 0.25) is 0 Å². The maximum absolute atomic E-state index is 4.16. The first kappa shape index (κ1) is 5.54. The third-order valence-electron chi connectivity index (χ3n) is 1.25. The topological polar surface area (TPSA) is 12.4 Å². The fraction of sp³-hybridized carbons (Fsp3) is 0.571. The Kier molecular flexibility index (Phi) is 1.84. The number of aliphatic imine (C=N–C) groups is 1. The summed E-state index contributed by atoms with van der Waals surface area (Å²) in [4.78, 5) is 4.16. The lowest BCUT2D eigenvalue weighted by atomic mass is 10.2. The molecule has 1 aliphatic heterocycles. The molecule has 0 atom stereocenters. The molecular weight excluding hydrogens is 98.1 g/mol. The molecule has 0 aromatic rings. The van der Waals surface area contributed by atoms with Gasteiger partial charge in [-0.3, -0.25) is 4.99 Å². The summed E-state index contributed by atoms with van der Waals surface area (Å²) in [5.74, 6) is 0. The SMILES string of the molecule is CC1=CCCCN=C1. The average molecular weight is 109 g/mol. The van der Waals surface area contributed by atoms with E-state index in [1.165, 1.54) is 18.4 Å². The minimum Gasteiger partial charge on any atom is -0.293 e. The molecule has 0 radical (unpaired) electrons. The van der Waals surface area contributed by atoms with Crippen molar-refractivity contribution in [1.29, 1.82) is 0 Å². The summed E-state index contributed by atoms with van der Waals surface area (Å²) in [6, 6.07) is 0. The molecular formula is C7H11N. The van der Waals surface area contributed by atoms with E-state index in [1.54, 1.807) is 0 Å². The zero-order valence-corrected chi connectivity index (χ0v) is 5.22. The van der Waals surface area contributed by atoms with E-state index in [0.29, 0.717) is 0 Å². The van der Waals surface area contributed by atoms with Crippen LogP contribution in [0.15, 0.2) is 16.6 Å². The zero-order valence-electron chi connectivity index (χ0n) is 5.22. The first-order valence-corrected chi connectivity index (χ1v) is 3.06. The molecule has 44 valence electrons. The summed E-state index contributed by atoms with van der Waals surface area (Å²) < 4.78 is 0. The predicted octanol–water partition coefficient (Wildman–Crippen LogP) is 1.80. The Labute approximate surface area is 50.1 Å². The molecule has 0 saturated heterocycles. The molecule has 0 amide bonds. The van der Waals surface area contributed by atoms with E-state index < -0.39 is 0 Å². The van der Waals surface area contributed by atoms with Gasteiger partial charge in [-0.2, -0.15) is 0 Å². The van der Waals surface area contributed by atoms with E-state index in [9.17, 15) is 0 Å². The number of hydrogen-bond donors (Lipinski definition) is 0. The normalized spacial score (nSPS) is 19.9. The van der Waals surface area contributed by atoms with Gasteiger partial charge in [0.05, 0.1) is 0 Å². The molecule has 0 N–H and O–H groups in total. The maximum Gasteiger partial charge on any atom is 0.0392 e. The van der Waals surface area contributed by atoms with Gasteiger partial charge < -0.3 is 0 Å². The Morgan fingerprint density at radius 1 is 1.62 bits per heavy atom. The van der Waals surface area contributed by atoms with Crippen LogP contribution in [-0.4, -0.2) is 12.8 Å². The Morgan fingerprint density at radius 2 is 2.50 bits per heavy atom. The largest absolute Gasteiger partial charge is 0.293 e.